The molecular formula is C9H17KO3. The van der Waals surface area contributed by atoms with Gasteiger partial charge in [-0.15, -0.1) is 0 Å². The Kier molecular flexibility index (Phi) is 14.1. The molecule has 4 heteroatoms. The molecule has 0 aromatic carbocycles. The molecule has 3 nitrogen and oxygen atoms in total. The molecule has 13 heavy (non-hydrogen) atoms. The Bertz CT molecular complexity index is 128. The monoisotopic (exact) mass is 212 g/mol. The van der Waals surface area contributed by atoms with Crippen molar-refractivity contribution in [3.8, 4) is 0 Å². The number of aliphatic hydroxyl groups is 1. The van der Waals surface area contributed by atoms with E-state index < -0.39 is 12.1 Å². The average molecular weight is 212 g/mol. The van der Waals surface area contributed by atoms with Crippen LogP contribution in [0.4, 0.5) is 0 Å². The summed E-state index contributed by atoms with van der Waals surface area (Å²) < 4.78 is 0. The topological polar surface area (TPSA) is 60.4 Å². The average Bonchev–Trinajstić information content (AvgIpc) is 2.01. The van der Waals surface area contributed by atoms with Crippen LogP contribution in [-0.2, 0) is 4.79 Å². The van der Waals surface area contributed by atoms with E-state index in [1.54, 1.807) is 0 Å². The second-order valence-electron chi connectivity index (χ2n) is 3.06. The standard InChI is InChI=1S/C9H18O3.K/c1-2-3-4-5-8(10)6-7-9(11)12;/h8,10H,2-7H2,1H3,(H,11,12);/q;+1/p-1. The second kappa shape index (κ2) is 11.1. The van der Waals surface area contributed by atoms with Gasteiger partial charge in [-0.3, -0.25) is 0 Å². The molecule has 1 unspecified atom stereocenters. The van der Waals surface area contributed by atoms with Gasteiger partial charge in [0.05, 0.1) is 6.10 Å². The third kappa shape index (κ3) is 13.1. The summed E-state index contributed by atoms with van der Waals surface area (Å²) in [5.41, 5.74) is 0. The summed E-state index contributed by atoms with van der Waals surface area (Å²) in [6.07, 6.45) is 3.73. The van der Waals surface area contributed by atoms with Crippen LogP contribution in [0.3, 0.4) is 0 Å². The van der Waals surface area contributed by atoms with Gasteiger partial charge in [0, 0.05) is 5.97 Å². The van der Waals surface area contributed by atoms with Crippen LogP contribution in [0.15, 0.2) is 0 Å². The SMILES string of the molecule is CCCCCC(O)CCC(=O)[O-].[K+]. The molecule has 0 aliphatic carbocycles. The quantitative estimate of drug-likeness (QED) is 0.374. The number of rotatable bonds is 7. The van der Waals surface area contributed by atoms with E-state index in [2.05, 4.69) is 6.92 Å². The summed E-state index contributed by atoms with van der Waals surface area (Å²) in [7, 11) is 0. The molecule has 0 aromatic rings. The van der Waals surface area contributed by atoms with Crippen LogP contribution in [0.5, 0.6) is 0 Å². The maximum atomic E-state index is 10.0. The molecule has 0 aromatic heterocycles. The number of hydrogen-bond acceptors (Lipinski definition) is 3. The molecule has 0 bridgehead atoms. The van der Waals surface area contributed by atoms with E-state index in [1.165, 1.54) is 0 Å². The summed E-state index contributed by atoms with van der Waals surface area (Å²) in [6, 6.07) is 0. The van der Waals surface area contributed by atoms with Crippen molar-refractivity contribution in [1.82, 2.24) is 0 Å². The molecule has 0 amide bonds. The maximum absolute atomic E-state index is 10.0. The predicted molar refractivity (Wildman–Crippen MR) is 44.4 cm³/mol. The first-order valence-electron chi connectivity index (χ1n) is 4.54. The van der Waals surface area contributed by atoms with Crippen molar-refractivity contribution < 1.29 is 66.4 Å². The minimum Gasteiger partial charge on any atom is -0.550 e. The first kappa shape index (κ1) is 16.5. The molecule has 0 aliphatic heterocycles. The summed E-state index contributed by atoms with van der Waals surface area (Å²) >= 11 is 0. The zero-order valence-corrected chi connectivity index (χ0v) is 11.7. The normalized spacial score (nSPS) is 11.8. The van der Waals surface area contributed by atoms with Gasteiger partial charge in [-0.25, -0.2) is 0 Å². The maximum Gasteiger partial charge on any atom is 1.00 e. The zero-order valence-electron chi connectivity index (χ0n) is 8.58. The number of hydrogen-bond donors (Lipinski definition) is 1. The minimum absolute atomic E-state index is 0. The number of aliphatic carboxylic acids is 1. The Labute approximate surface area is 122 Å². The number of aliphatic hydroxyl groups excluding tert-OH is 1. The van der Waals surface area contributed by atoms with Gasteiger partial charge in [-0.1, -0.05) is 26.2 Å². The smallest absolute Gasteiger partial charge is 0.550 e. The van der Waals surface area contributed by atoms with Crippen LogP contribution >= 0.6 is 0 Å². The molecule has 1 atom stereocenters. The Balaban J connectivity index is 0. The zero-order chi connectivity index (χ0) is 9.40. The van der Waals surface area contributed by atoms with Crippen LogP contribution in [0.1, 0.15) is 45.4 Å². The number of carbonyl (C=O) groups excluding carboxylic acids is 1. The van der Waals surface area contributed by atoms with Crippen LogP contribution in [-0.4, -0.2) is 17.2 Å². The Morgan fingerprint density at radius 2 is 2.00 bits per heavy atom. The molecule has 0 aliphatic rings. The van der Waals surface area contributed by atoms with Crippen LogP contribution in [0, 0.1) is 0 Å². The summed E-state index contributed by atoms with van der Waals surface area (Å²) in [5, 5.41) is 19.2. The van der Waals surface area contributed by atoms with Crippen molar-refractivity contribution in [3.05, 3.63) is 0 Å². The van der Waals surface area contributed by atoms with E-state index in [1.807, 2.05) is 0 Å². The Hall–Kier alpha value is 1.07. The van der Waals surface area contributed by atoms with Crippen molar-refractivity contribution in [3.63, 3.8) is 0 Å². The molecule has 0 heterocycles. The van der Waals surface area contributed by atoms with Crippen molar-refractivity contribution in [2.45, 2.75) is 51.6 Å². The van der Waals surface area contributed by atoms with Gasteiger partial charge < -0.3 is 15.0 Å². The van der Waals surface area contributed by atoms with E-state index in [-0.39, 0.29) is 57.8 Å². The molecule has 72 valence electrons. The molecule has 0 rings (SSSR count). The van der Waals surface area contributed by atoms with Gasteiger partial charge in [0.25, 0.3) is 0 Å². The van der Waals surface area contributed by atoms with Gasteiger partial charge in [0.1, 0.15) is 0 Å². The van der Waals surface area contributed by atoms with E-state index in [4.69, 9.17) is 0 Å². The van der Waals surface area contributed by atoms with Crippen molar-refractivity contribution >= 4 is 5.97 Å². The van der Waals surface area contributed by atoms with Gasteiger partial charge in [0.15, 0.2) is 0 Å². The molecule has 0 saturated heterocycles. The van der Waals surface area contributed by atoms with Crippen molar-refractivity contribution in [2.24, 2.45) is 0 Å². The number of carbonyl (C=O) groups is 1. The van der Waals surface area contributed by atoms with E-state index in [0.717, 1.165) is 19.3 Å². The number of carboxylic acids is 1. The van der Waals surface area contributed by atoms with Crippen LogP contribution in [0.25, 0.3) is 0 Å². The third-order valence-corrected chi connectivity index (χ3v) is 1.82. The molecule has 1 N–H and O–H groups in total. The summed E-state index contributed by atoms with van der Waals surface area (Å²) in [6.45, 7) is 2.09. The van der Waals surface area contributed by atoms with Crippen molar-refractivity contribution in [1.29, 1.82) is 0 Å². The van der Waals surface area contributed by atoms with Crippen molar-refractivity contribution in [2.75, 3.05) is 0 Å². The Morgan fingerprint density at radius 3 is 2.46 bits per heavy atom. The van der Waals surface area contributed by atoms with Gasteiger partial charge in [-0.2, -0.15) is 0 Å². The molecule has 0 spiro atoms. The molecule has 0 saturated carbocycles. The van der Waals surface area contributed by atoms with Gasteiger partial charge in [0.2, 0.25) is 0 Å². The van der Waals surface area contributed by atoms with Gasteiger partial charge in [-0.05, 0) is 19.3 Å². The molecule has 0 radical (unpaired) electrons. The largest absolute Gasteiger partial charge is 1.00 e. The third-order valence-electron chi connectivity index (χ3n) is 1.82. The minimum atomic E-state index is -1.08. The van der Waals surface area contributed by atoms with Gasteiger partial charge >= 0.3 is 51.4 Å². The second-order valence-corrected chi connectivity index (χ2v) is 3.06. The molecular weight excluding hydrogens is 195 g/mol. The summed E-state index contributed by atoms with van der Waals surface area (Å²) in [4.78, 5) is 10.0. The number of carboxylic acid groups (broad SMARTS) is 1. The first-order chi connectivity index (χ1) is 5.66. The fourth-order valence-corrected chi connectivity index (χ4v) is 1.06. The van der Waals surface area contributed by atoms with Crippen LogP contribution < -0.4 is 56.5 Å². The van der Waals surface area contributed by atoms with E-state index in [0.29, 0.717) is 12.8 Å². The fraction of sp³-hybridized carbons (Fsp3) is 0.889. The van der Waals surface area contributed by atoms with Crippen LogP contribution in [0.2, 0.25) is 0 Å². The summed E-state index contributed by atoms with van der Waals surface area (Å²) in [5.74, 6) is -1.08. The first-order valence-corrected chi connectivity index (χ1v) is 4.54. The molecule has 0 fully saturated rings. The fourth-order valence-electron chi connectivity index (χ4n) is 1.06. The number of unbranched alkanes of at least 4 members (excludes halogenated alkanes) is 2. The predicted octanol–water partition coefficient (Wildman–Crippen LogP) is -2.54. The van der Waals surface area contributed by atoms with E-state index in [9.17, 15) is 15.0 Å². The Morgan fingerprint density at radius 1 is 1.38 bits per heavy atom. The van der Waals surface area contributed by atoms with E-state index >= 15 is 0 Å².